The molecule has 66 valence electrons. The van der Waals surface area contributed by atoms with E-state index in [4.69, 9.17) is 0 Å². The number of hydrogen-bond donors (Lipinski definition) is 1. The summed E-state index contributed by atoms with van der Waals surface area (Å²) in [5, 5.41) is 3.01. The molecule has 13 heavy (non-hydrogen) atoms. The normalized spacial score (nSPS) is 20.6. The van der Waals surface area contributed by atoms with Gasteiger partial charge in [0.15, 0.2) is 0 Å². The molecule has 0 saturated carbocycles. The maximum Gasteiger partial charge on any atom is 0.306 e. The predicted molar refractivity (Wildman–Crippen MR) is 55.3 cm³/mol. The van der Waals surface area contributed by atoms with Crippen LogP contribution >= 0.6 is 11.8 Å². The van der Waals surface area contributed by atoms with E-state index in [1.165, 1.54) is 11.8 Å². The SMILES string of the molecule is O=C1N=CC(Nc2ccccc2)S1. The minimum atomic E-state index is -0.131. The molecule has 1 aliphatic rings. The largest absolute Gasteiger partial charge is 0.368 e. The highest BCUT2D eigenvalue weighted by atomic mass is 32.2. The van der Waals surface area contributed by atoms with Gasteiger partial charge in [0.05, 0.1) is 0 Å². The number of rotatable bonds is 2. The van der Waals surface area contributed by atoms with Crippen molar-refractivity contribution in [2.45, 2.75) is 5.37 Å². The van der Waals surface area contributed by atoms with Gasteiger partial charge in [0.2, 0.25) is 0 Å². The smallest absolute Gasteiger partial charge is 0.306 e. The Hall–Kier alpha value is -1.29. The monoisotopic (exact) mass is 192 g/mol. The summed E-state index contributed by atoms with van der Waals surface area (Å²) >= 11 is 1.19. The molecule has 2 rings (SSSR count). The van der Waals surface area contributed by atoms with Gasteiger partial charge in [0.1, 0.15) is 5.37 Å². The third-order valence-corrected chi connectivity index (χ3v) is 2.43. The fraction of sp³-hybridized carbons (Fsp3) is 0.111. The lowest BCUT2D eigenvalue weighted by Gasteiger charge is -2.08. The van der Waals surface area contributed by atoms with E-state index in [0.717, 1.165) is 5.69 Å². The zero-order chi connectivity index (χ0) is 9.10. The molecule has 4 heteroatoms. The first kappa shape index (κ1) is 8.31. The third kappa shape index (κ3) is 2.09. The molecular formula is C9H8N2OS. The molecule has 0 spiro atoms. The van der Waals surface area contributed by atoms with Gasteiger partial charge in [-0.05, 0) is 23.9 Å². The van der Waals surface area contributed by atoms with Gasteiger partial charge in [-0.3, -0.25) is 4.79 Å². The van der Waals surface area contributed by atoms with Crippen molar-refractivity contribution in [1.82, 2.24) is 0 Å². The Balaban J connectivity index is 2.00. The second kappa shape index (κ2) is 3.62. The van der Waals surface area contributed by atoms with E-state index in [-0.39, 0.29) is 10.6 Å². The van der Waals surface area contributed by atoms with Crippen LogP contribution < -0.4 is 5.32 Å². The van der Waals surface area contributed by atoms with Crippen LogP contribution in [0, 0.1) is 0 Å². The first-order valence-electron chi connectivity index (χ1n) is 3.91. The molecule has 1 unspecified atom stereocenters. The summed E-state index contributed by atoms with van der Waals surface area (Å²) in [4.78, 5) is 14.4. The van der Waals surface area contributed by atoms with Gasteiger partial charge < -0.3 is 5.32 Å². The van der Waals surface area contributed by atoms with Crippen LogP contribution in [0.5, 0.6) is 0 Å². The maximum atomic E-state index is 10.8. The van der Waals surface area contributed by atoms with Crippen LogP contribution in [0.25, 0.3) is 0 Å². The van der Waals surface area contributed by atoms with Crippen molar-refractivity contribution in [1.29, 1.82) is 0 Å². The number of nitrogens with zero attached hydrogens (tertiary/aromatic N) is 1. The summed E-state index contributed by atoms with van der Waals surface area (Å²) in [6, 6.07) is 9.75. The molecule has 0 radical (unpaired) electrons. The molecule has 0 saturated heterocycles. The highest BCUT2D eigenvalue weighted by Gasteiger charge is 2.17. The molecule has 1 aromatic rings. The van der Waals surface area contributed by atoms with Crippen molar-refractivity contribution in [2.75, 3.05) is 5.32 Å². The Morgan fingerprint density at radius 2 is 2.08 bits per heavy atom. The van der Waals surface area contributed by atoms with Crippen molar-refractivity contribution in [2.24, 2.45) is 4.99 Å². The molecule has 0 fully saturated rings. The minimum Gasteiger partial charge on any atom is -0.368 e. The molecule has 1 N–H and O–H groups in total. The Morgan fingerprint density at radius 1 is 1.31 bits per heavy atom. The average Bonchev–Trinajstić information content (AvgIpc) is 2.53. The number of thioether (sulfide) groups is 1. The average molecular weight is 192 g/mol. The number of anilines is 1. The zero-order valence-corrected chi connectivity index (χ0v) is 7.62. The van der Waals surface area contributed by atoms with E-state index in [1.807, 2.05) is 30.3 Å². The Bertz CT molecular complexity index is 337. The lowest BCUT2D eigenvalue weighted by molar-refractivity contribution is 0.268. The second-order valence-electron chi connectivity index (χ2n) is 2.59. The Labute approximate surface area is 80.3 Å². The molecule has 1 amide bonds. The zero-order valence-electron chi connectivity index (χ0n) is 6.81. The lowest BCUT2D eigenvalue weighted by Crippen LogP contribution is -2.13. The number of nitrogens with one attached hydrogen (secondary N) is 1. The van der Waals surface area contributed by atoms with Gasteiger partial charge in [0.25, 0.3) is 0 Å². The number of hydrogen-bond acceptors (Lipinski definition) is 3. The van der Waals surface area contributed by atoms with Gasteiger partial charge in [0, 0.05) is 11.9 Å². The standard InChI is InChI=1S/C9H8N2OS/c12-9-10-6-8(13-9)11-7-4-2-1-3-5-7/h1-6,8,11H. The van der Waals surface area contributed by atoms with Crippen LogP contribution in [0.15, 0.2) is 35.3 Å². The van der Waals surface area contributed by atoms with Gasteiger partial charge in [-0.25, -0.2) is 4.99 Å². The molecule has 0 bridgehead atoms. The van der Waals surface area contributed by atoms with Crippen molar-refractivity contribution in [3.63, 3.8) is 0 Å². The fourth-order valence-corrected chi connectivity index (χ4v) is 1.72. The van der Waals surface area contributed by atoms with E-state index in [0.29, 0.717) is 0 Å². The van der Waals surface area contributed by atoms with E-state index in [9.17, 15) is 4.79 Å². The minimum absolute atomic E-state index is 0.0186. The molecule has 1 heterocycles. The van der Waals surface area contributed by atoms with Gasteiger partial charge in [-0.15, -0.1) is 0 Å². The topological polar surface area (TPSA) is 41.5 Å². The molecule has 3 nitrogen and oxygen atoms in total. The second-order valence-corrected chi connectivity index (χ2v) is 3.69. The Morgan fingerprint density at radius 3 is 2.69 bits per heavy atom. The molecular weight excluding hydrogens is 184 g/mol. The van der Waals surface area contributed by atoms with Crippen LogP contribution in [0.3, 0.4) is 0 Å². The Kier molecular flexibility index (Phi) is 2.31. The van der Waals surface area contributed by atoms with Crippen LogP contribution in [0.2, 0.25) is 0 Å². The van der Waals surface area contributed by atoms with Crippen LogP contribution in [0.4, 0.5) is 10.5 Å². The summed E-state index contributed by atoms with van der Waals surface area (Å²) in [6.07, 6.45) is 1.62. The number of para-hydroxylation sites is 1. The van der Waals surface area contributed by atoms with E-state index < -0.39 is 0 Å². The van der Waals surface area contributed by atoms with Gasteiger partial charge >= 0.3 is 5.24 Å². The number of amides is 1. The van der Waals surface area contributed by atoms with Crippen LogP contribution in [-0.4, -0.2) is 16.8 Å². The summed E-state index contributed by atoms with van der Waals surface area (Å²) in [5.74, 6) is 0. The highest BCUT2D eigenvalue weighted by Crippen LogP contribution is 2.20. The van der Waals surface area contributed by atoms with Crippen molar-refractivity contribution in [3.8, 4) is 0 Å². The number of aliphatic imine (C=N–C) groups is 1. The summed E-state index contributed by atoms with van der Waals surface area (Å²) < 4.78 is 0. The molecule has 0 aliphatic carbocycles. The van der Waals surface area contributed by atoms with Gasteiger partial charge in [-0.2, -0.15) is 0 Å². The van der Waals surface area contributed by atoms with E-state index >= 15 is 0 Å². The number of benzene rings is 1. The molecule has 1 aliphatic heterocycles. The number of carbonyl (C=O) groups is 1. The maximum absolute atomic E-state index is 10.8. The van der Waals surface area contributed by atoms with Crippen LogP contribution in [0.1, 0.15) is 0 Å². The highest BCUT2D eigenvalue weighted by molar-refractivity contribution is 8.15. The lowest BCUT2D eigenvalue weighted by atomic mass is 10.3. The predicted octanol–water partition coefficient (Wildman–Crippen LogP) is 2.36. The summed E-state index contributed by atoms with van der Waals surface area (Å²) in [5.41, 5.74) is 1.00. The van der Waals surface area contributed by atoms with E-state index in [1.54, 1.807) is 6.21 Å². The van der Waals surface area contributed by atoms with Crippen molar-refractivity contribution in [3.05, 3.63) is 30.3 Å². The first-order valence-corrected chi connectivity index (χ1v) is 4.79. The third-order valence-electron chi connectivity index (χ3n) is 1.63. The fourth-order valence-electron chi connectivity index (χ4n) is 1.06. The molecule has 1 atom stereocenters. The van der Waals surface area contributed by atoms with E-state index in [2.05, 4.69) is 10.3 Å². The van der Waals surface area contributed by atoms with Crippen molar-refractivity contribution < 1.29 is 4.79 Å². The van der Waals surface area contributed by atoms with Crippen LogP contribution in [-0.2, 0) is 0 Å². The molecule has 0 aromatic heterocycles. The number of carbonyl (C=O) groups excluding carboxylic acids is 1. The summed E-state index contributed by atoms with van der Waals surface area (Å²) in [7, 11) is 0. The first-order chi connectivity index (χ1) is 6.34. The summed E-state index contributed by atoms with van der Waals surface area (Å²) in [6.45, 7) is 0. The molecule has 1 aromatic carbocycles. The van der Waals surface area contributed by atoms with Crippen molar-refractivity contribution >= 4 is 28.9 Å². The quantitative estimate of drug-likeness (QED) is 0.782. The van der Waals surface area contributed by atoms with Gasteiger partial charge in [-0.1, -0.05) is 18.2 Å².